The zero-order chi connectivity index (χ0) is 11.9. The van der Waals surface area contributed by atoms with Crippen molar-refractivity contribution in [3.8, 4) is 11.4 Å². The maximum Gasteiger partial charge on any atom is 0.144 e. The summed E-state index contributed by atoms with van der Waals surface area (Å²) in [4.78, 5) is 0. The summed E-state index contributed by atoms with van der Waals surface area (Å²) < 4.78 is 7.14. The van der Waals surface area contributed by atoms with Gasteiger partial charge in [-0.15, -0.1) is 0 Å². The fourth-order valence-corrected chi connectivity index (χ4v) is 1.95. The maximum absolute atomic E-state index is 6.15. The zero-order valence-electron chi connectivity index (χ0n) is 9.76. The first-order valence-electron chi connectivity index (χ1n) is 5.70. The molecule has 0 bridgehead atoms. The smallest absolute Gasteiger partial charge is 0.144 e. The van der Waals surface area contributed by atoms with Crippen molar-refractivity contribution in [3.63, 3.8) is 0 Å². The summed E-state index contributed by atoms with van der Waals surface area (Å²) in [6.07, 6.45) is 5.93. The number of para-hydroxylation sites is 2. The van der Waals surface area contributed by atoms with Crippen molar-refractivity contribution in [2.75, 3.05) is 7.11 Å². The van der Waals surface area contributed by atoms with Crippen LogP contribution in [0.25, 0.3) is 5.69 Å². The van der Waals surface area contributed by atoms with E-state index in [0.29, 0.717) is 0 Å². The van der Waals surface area contributed by atoms with Crippen LogP contribution in [0.5, 0.6) is 5.75 Å². The van der Waals surface area contributed by atoms with Gasteiger partial charge in [-0.05, 0) is 25.0 Å². The van der Waals surface area contributed by atoms with E-state index < -0.39 is 0 Å². The number of nitrogens with two attached hydrogens (primary N) is 1. The molecule has 0 amide bonds. The van der Waals surface area contributed by atoms with E-state index in [1.54, 1.807) is 7.11 Å². The monoisotopic (exact) mass is 229 g/mol. The van der Waals surface area contributed by atoms with E-state index in [9.17, 15) is 0 Å². The van der Waals surface area contributed by atoms with Gasteiger partial charge in [0.1, 0.15) is 11.4 Å². The molecule has 0 unspecified atom stereocenters. The van der Waals surface area contributed by atoms with Crippen LogP contribution in [-0.4, -0.2) is 16.9 Å². The van der Waals surface area contributed by atoms with Gasteiger partial charge >= 0.3 is 0 Å². The maximum atomic E-state index is 6.15. The predicted molar refractivity (Wildman–Crippen MR) is 65.2 cm³/mol. The van der Waals surface area contributed by atoms with E-state index in [0.717, 1.165) is 29.8 Å². The highest BCUT2D eigenvalue weighted by atomic mass is 16.5. The minimum absolute atomic E-state index is 0.139. The molecule has 1 aliphatic rings. The summed E-state index contributed by atoms with van der Waals surface area (Å²) in [5.74, 6) is 0.809. The van der Waals surface area contributed by atoms with Crippen molar-refractivity contribution in [1.82, 2.24) is 9.78 Å². The average Bonchev–Trinajstić information content (AvgIpc) is 2.94. The zero-order valence-corrected chi connectivity index (χ0v) is 9.76. The van der Waals surface area contributed by atoms with E-state index in [2.05, 4.69) is 5.10 Å². The summed E-state index contributed by atoms with van der Waals surface area (Å²) >= 11 is 0. The molecule has 4 heteroatoms. The number of rotatable bonds is 3. The standard InChI is InChI=1S/C13H15N3O/c1-17-12-5-3-2-4-11(12)16-9-10(8-15-16)13(14)6-7-13/h2-5,8-9H,6-7,14H2,1H3. The van der Waals surface area contributed by atoms with Crippen LogP contribution in [0.15, 0.2) is 36.7 Å². The van der Waals surface area contributed by atoms with E-state index in [1.165, 1.54) is 0 Å². The van der Waals surface area contributed by atoms with Crippen molar-refractivity contribution in [3.05, 3.63) is 42.2 Å². The second-order valence-electron chi connectivity index (χ2n) is 4.50. The number of methoxy groups -OCH3 is 1. The summed E-state index contributed by atoms with van der Waals surface area (Å²) in [6, 6.07) is 7.81. The number of benzene rings is 1. The first kappa shape index (κ1) is 10.4. The lowest BCUT2D eigenvalue weighted by molar-refractivity contribution is 0.411. The van der Waals surface area contributed by atoms with Gasteiger partial charge < -0.3 is 10.5 Å². The van der Waals surface area contributed by atoms with Crippen LogP contribution in [0.4, 0.5) is 0 Å². The molecule has 1 aromatic carbocycles. The SMILES string of the molecule is COc1ccccc1-n1cc(C2(N)CC2)cn1. The van der Waals surface area contributed by atoms with Crippen molar-refractivity contribution < 1.29 is 4.74 Å². The Morgan fingerprint density at radius 1 is 1.35 bits per heavy atom. The Balaban J connectivity index is 2.01. The highest BCUT2D eigenvalue weighted by Crippen LogP contribution is 2.42. The van der Waals surface area contributed by atoms with Gasteiger partial charge in [-0.2, -0.15) is 5.10 Å². The van der Waals surface area contributed by atoms with Gasteiger partial charge in [-0.25, -0.2) is 4.68 Å². The molecule has 0 aliphatic heterocycles. The fourth-order valence-electron chi connectivity index (χ4n) is 1.95. The van der Waals surface area contributed by atoms with Crippen LogP contribution in [0, 0.1) is 0 Å². The van der Waals surface area contributed by atoms with Crippen LogP contribution < -0.4 is 10.5 Å². The Morgan fingerprint density at radius 3 is 2.82 bits per heavy atom. The second kappa shape index (κ2) is 3.60. The minimum Gasteiger partial charge on any atom is -0.494 e. The third kappa shape index (κ3) is 1.70. The van der Waals surface area contributed by atoms with Gasteiger partial charge in [0, 0.05) is 17.3 Å². The molecule has 0 radical (unpaired) electrons. The first-order valence-corrected chi connectivity index (χ1v) is 5.70. The van der Waals surface area contributed by atoms with Crippen LogP contribution >= 0.6 is 0 Å². The van der Waals surface area contributed by atoms with Gasteiger partial charge in [0.25, 0.3) is 0 Å². The number of nitrogens with zero attached hydrogens (tertiary/aromatic N) is 2. The summed E-state index contributed by atoms with van der Waals surface area (Å²) in [5, 5.41) is 4.36. The van der Waals surface area contributed by atoms with E-state index >= 15 is 0 Å². The van der Waals surface area contributed by atoms with E-state index in [1.807, 2.05) is 41.3 Å². The molecule has 3 rings (SSSR count). The summed E-state index contributed by atoms with van der Waals surface area (Å²) in [7, 11) is 1.66. The average molecular weight is 229 g/mol. The molecule has 1 fully saturated rings. The van der Waals surface area contributed by atoms with Crippen molar-refractivity contribution in [2.45, 2.75) is 18.4 Å². The Hall–Kier alpha value is -1.81. The lowest BCUT2D eigenvalue weighted by Crippen LogP contribution is -2.17. The third-order valence-electron chi connectivity index (χ3n) is 3.28. The molecule has 0 saturated heterocycles. The van der Waals surface area contributed by atoms with Gasteiger partial charge in [-0.1, -0.05) is 12.1 Å². The molecule has 88 valence electrons. The summed E-state index contributed by atoms with van der Waals surface area (Å²) in [6.45, 7) is 0. The van der Waals surface area contributed by atoms with Crippen LogP contribution in [0.3, 0.4) is 0 Å². The molecule has 0 atom stereocenters. The summed E-state index contributed by atoms with van der Waals surface area (Å²) in [5.41, 5.74) is 8.04. The van der Waals surface area contributed by atoms with E-state index in [-0.39, 0.29) is 5.54 Å². The van der Waals surface area contributed by atoms with Crippen LogP contribution in [-0.2, 0) is 5.54 Å². The van der Waals surface area contributed by atoms with Gasteiger partial charge in [0.15, 0.2) is 0 Å². The van der Waals surface area contributed by atoms with Crippen molar-refractivity contribution in [1.29, 1.82) is 0 Å². The van der Waals surface area contributed by atoms with Gasteiger partial charge in [-0.3, -0.25) is 0 Å². The number of hydrogen-bond donors (Lipinski definition) is 1. The number of hydrogen-bond acceptors (Lipinski definition) is 3. The quantitative estimate of drug-likeness (QED) is 0.873. The Kier molecular flexibility index (Phi) is 2.19. The Labute approximate surface area is 100 Å². The normalized spacial score (nSPS) is 16.8. The molecule has 17 heavy (non-hydrogen) atoms. The highest BCUT2D eigenvalue weighted by Gasteiger charge is 2.41. The Bertz CT molecular complexity index is 543. The first-order chi connectivity index (χ1) is 8.23. The molecule has 4 nitrogen and oxygen atoms in total. The molecule has 1 aromatic heterocycles. The lowest BCUT2D eigenvalue weighted by atomic mass is 10.1. The molecule has 1 aliphatic carbocycles. The number of aromatic nitrogens is 2. The van der Waals surface area contributed by atoms with Crippen molar-refractivity contribution in [2.24, 2.45) is 5.73 Å². The van der Waals surface area contributed by atoms with Crippen molar-refractivity contribution >= 4 is 0 Å². The van der Waals surface area contributed by atoms with Gasteiger partial charge in [0.05, 0.1) is 13.3 Å². The molecular formula is C13H15N3O. The second-order valence-corrected chi connectivity index (χ2v) is 4.50. The van der Waals surface area contributed by atoms with Gasteiger partial charge in [0.2, 0.25) is 0 Å². The molecular weight excluding hydrogens is 214 g/mol. The topological polar surface area (TPSA) is 53.1 Å². The van der Waals surface area contributed by atoms with Crippen LogP contribution in [0.1, 0.15) is 18.4 Å². The fraction of sp³-hybridized carbons (Fsp3) is 0.308. The Morgan fingerprint density at radius 2 is 2.12 bits per heavy atom. The number of ether oxygens (including phenoxy) is 1. The van der Waals surface area contributed by atoms with Crippen LogP contribution in [0.2, 0.25) is 0 Å². The van der Waals surface area contributed by atoms with E-state index in [4.69, 9.17) is 10.5 Å². The molecule has 2 N–H and O–H groups in total. The molecule has 1 saturated carbocycles. The molecule has 2 aromatic rings. The molecule has 1 heterocycles. The third-order valence-corrected chi connectivity index (χ3v) is 3.28. The lowest BCUT2D eigenvalue weighted by Gasteiger charge is -2.08. The predicted octanol–water partition coefficient (Wildman–Crippen LogP) is 1.83. The molecule has 0 spiro atoms. The minimum atomic E-state index is -0.139. The highest BCUT2D eigenvalue weighted by molar-refractivity contribution is 5.46. The largest absolute Gasteiger partial charge is 0.494 e.